The number of rotatable bonds is 7. The maximum absolute atomic E-state index is 12.1. The molecule has 0 amide bonds. The van der Waals surface area contributed by atoms with Crippen molar-refractivity contribution in [1.29, 1.82) is 0 Å². The number of nitrogens with one attached hydrogen (secondary N) is 3. The summed E-state index contributed by atoms with van der Waals surface area (Å²) < 4.78 is 26.7. The number of carbonyl (C=O) groups is 1. The molecule has 2 heterocycles. The lowest BCUT2D eigenvalue weighted by atomic mass is 10.3. The van der Waals surface area contributed by atoms with Crippen LogP contribution in [0.5, 0.6) is 0 Å². The Kier molecular flexibility index (Phi) is 4.38. The van der Waals surface area contributed by atoms with Crippen LogP contribution in [0.15, 0.2) is 17.3 Å². The van der Waals surface area contributed by atoms with E-state index in [9.17, 15) is 13.2 Å². The van der Waals surface area contributed by atoms with Gasteiger partial charge in [-0.05, 0) is 13.3 Å². The van der Waals surface area contributed by atoms with Crippen LogP contribution in [0.4, 0.5) is 0 Å². The standard InChI is InChI=1S/C11H15N5O4S/c1-7-10(9(11(17)18)16-15-7)21(19,20)14-4-2-3-8-12-5-6-13-8/h5-6,14H,2-4H2,1H3,(H,12,13)(H,15,16)(H,17,18). The molecule has 0 aliphatic heterocycles. The third kappa shape index (κ3) is 3.47. The fourth-order valence-electron chi connectivity index (χ4n) is 1.86. The Morgan fingerprint density at radius 2 is 2.24 bits per heavy atom. The number of carboxylic acid groups (broad SMARTS) is 1. The van der Waals surface area contributed by atoms with E-state index in [1.807, 2.05) is 0 Å². The highest BCUT2D eigenvalue weighted by atomic mass is 32.2. The molecule has 0 aliphatic carbocycles. The van der Waals surface area contributed by atoms with Gasteiger partial charge in [-0.25, -0.2) is 22.9 Å². The molecule has 114 valence electrons. The minimum atomic E-state index is -3.92. The van der Waals surface area contributed by atoms with Crippen LogP contribution in [0.1, 0.15) is 28.4 Å². The largest absolute Gasteiger partial charge is 0.476 e. The highest BCUT2D eigenvalue weighted by Gasteiger charge is 2.27. The first-order chi connectivity index (χ1) is 9.92. The van der Waals surface area contributed by atoms with Gasteiger partial charge in [-0.2, -0.15) is 5.10 Å². The van der Waals surface area contributed by atoms with Crippen LogP contribution in [0, 0.1) is 6.92 Å². The molecule has 0 spiro atoms. The monoisotopic (exact) mass is 313 g/mol. The van der Waals surface area contributed by atoms with E-state index in [1.54, 1.807) is 12.4 Å². The van der Waals surface area contributed by atoms with Crippen LogP contribution >= 0.6 is 0 Å². The lowest BCUT2D eigenvalue weighted by Gasteiger charge is -2.06. The molecule has 10 heteroatoms. The lowest BCUT2D eigenvalue weighted by molar-refractivity contribution is 0.0686. The maximum atomic E-state index is 12.1. The van der Waals surface area contributed by atoms with Crippen molar-refractivity contribution in [3.05, 3.63) is 29.6 Å². The van der Waals surface area contributed by atoms with Gasteiger partial charge in [-0.15, -0.1) is 0 Å². The SMILES string of the molecule is Cc1[nH]nc(C(=O)O)c1S(=O)(=O)NCCCc1ncc[nH]1. The number of sulfonamides is 1. The van der Waals surface area contributed by atoms with Gasteiger partial charge in [0.15, 0.2) is 5.69 Å². The van der Waals surface area contributed by atoms with Gasteiger partial charge < -0.3 is 10.1 Å². The van der Waals surface area contributed by atoms with Gasteiger partial charge >= 0.3 is 5.97 Å². The first-order valence-corrected chi connectivity index (χ1v) is 7.66. The summed E-state index contributed by atoms with van der Waals surface area (Å²) in [6, 6.07) is 0. The van der Waals surface area contributed by atoms with Crippen molar-refractivity contribution >= 4 is 16.0 Å². The molecule has 0 saturated heterocycles. The number of hydrogen-bond donors (Lipinski definition) is 4. The first-order valence-electron chi connectivity index (χ1n) is 6.18. The molecular formula is C11H15N5O4S. The molecule has 0 fully saturated rings. The number of aromatic carboxylic acids is 1. The smallest absolute Gasteiger partial charge is 0.357 e. The number of aromatic amines is 2. The van der Waals surface area contributed by atoms with E-state index in [1.165, 1.54) is 6.92 Å². The number of aromatic nitrogens is 4. The Hall–Kier alpha value is -2.20. The maximum Gasteiger partial charge on any atom is 0.357 e. The van der Waals surface area contributed by atoms with E-state index in [0.717, 1.165) is 5.82 Å². The van der Waals surface area contributed by atoms with E-state index in [0.29, 0.717) is 12.8 Å². The highest BCUT2D eigenvalue weighted by molar-refractivity contribution is 7.89. The third-order valence-electron chi connectivity index (χ3n) is 2.80. The number of aryl methyl sites for hydroxylation is 2. The van der Waals surface area contributed by atoms with Gasteiger partial charge in [0.1, 0.15) is 10.7 Å². The molecule has 0 atom stereocenters. The topological polar surface area (TPSA) is 141 Å². The van der Waals surface area contributed by atoms with Gasteiger partial charge in [-0.3, -0.25) is 5.10 Å². The van der Waals surface area contributed by atoms with E-state index in [4.69, 9.17) is 5.11 Å². The first kappa shape index (κ1) is 15.2. The van der Waals surface area contributed by atoms with E-state index in [2.05, 4.69) is 24.9 Å². The summed E-state index contributed by atoms with van der Waals surface area (Å²) >= 11 is 0. The fraction of sp³-hybridized carbons (Fsp3) is 0.364. The number of carboxylic acids is 1. The van der Waals surface area contributed by atoms with Crippen LogP contribution in [-0.4, -0.2) is 46.2 Å². The normalized spacial score (nSPS) is 11.7. The van der Waals surface area contributed by atoms with Gasteiger partial charge in [0.2, 0.25) is 10.0 Å². The molecule has 2 aromatic rings. The quantitative estimate of drug-likeness (QED) is 0.532. The molecule has 0 radical (unpaired) electrons. The second-order valence-electron chi connectivity index (χ2n) is 4.37. The summed E-state index contributed by atoms with van der Waals surface area (Å²) in [6.45, 7) is 1.63. The second kappa shape index (κ2) is 6.06. The van der Waals surface area contributed by atoms with Gasteiger partial charge in [-0.1, -0.05) is 0 Å². The second-order valence-corrected chi connectivity index (χ2v) is 6.07. The molecule has 21 heavy (non-hydrogen) atoms. The lowest BCUT2D eigenvalue weighted by Crippen LogP contribution is -2.27. The van der Waals surface area contributed by atoms with Crippen LogP contribution in [0.2, 0.25) is 0 Å². The molecule has 0 bridgehead atoms. The minimum Gasteiger partial charge on any atom is -0.476 e. The molecule has 0 aliphatic rings. The van der Waals surface area contributed by atoms with Crippen LogP contribution < -0.4 is 4.72 Å². The average Bonchev–Trinajstić information content (AvgIpc) is 3.03. The molecule has 2 rings (SSSR count). The van der Waals surface area contributed by atoms with Crippen molar-refractivity contribution in [1.82, 2.24) is 24.9 Å². The van der Waals surface area contributed by atoms with Crippen LogP contribution in [-0.2, 0) is 16.4 Å². The van der Waals surface area contributed by atoms with Crippen molar-refractivity contribution < 1.29 is 18.3 Å². The Bertz CT molecular complexity index is 720. The predicted molar refractivity (Wildman–Crippen MR) is 72.4 cm³/mol. The average molecular weight is 313 g/mol. The molecule has 9 nitrogen and oxygen atoms in total. The molecular weight excluding hydrogens is 298 g/mol. The summed E-state index contributed by atoms with van der Waals surface area (Å²) in [4.78, 5) is 17.6. The molecule has 0 aromatic carbocycles. The Morgan fingerprint density at radius 3 is 2.86 bits per heavy atom. The summed E-state index contributed by atoms with van der Waals surface area (Å²) in [5.41, 5.74) is -0.322. The summed E-state index contributed by atoms with van der Waals surface area (Å²) in [5.74, 6) is -0.629. The van der Waals surface area contributed by atoms with Crippen molar-refractivity contribution in [2.24, 2.45) is 0 Å². The summed E-state index contributed by atoms with van der Waals surface area (Å²) in [7, 11) is -3.92. The van der Waals surface area contributed by atoms with Crippen LogP contribution in [0.25, 0.3) is 0 Å². The van der Waals surface area contributed by atoms with E-state index >= 15 is 0 Å². The van der Waals surface area contributed by atoms with Crippen molar-refractivity contribution in [3.8, 4) is 0 Å². The summed E-state index contributed by atoms with van der Waals surface area (Å²) in [6.07, 6.45) is 4.43. The number of imidazole rings is 1. The fourth-order valence-corrected chi connectivity index (χ4v) is 3.26. The third-order valence-corrected chi connectivity index (χ3v) is 4.42. The zero-order valence-corrected chi connectivity index (χ0v) is 12.1. The highest BCUT2D eigenvalue weighted by Crippen LogP contribution is 2.17. The predicted octanol–water partition coefficient (Wildman–Crippen LogP) is 0.0505. The van der Waals surface area contributed by atoms with Crippen molar-refractivity contribution in [2.45, 2.75) is 24.7 Å². The summed E-state index contributed by atoms with van der Waals surface area (Å²) in [5, 5.41) is 14.8. The Labute approximate surface area is 120 Å². The Balaban J connectivity index is 2.02. The zero-order valence-electron chi connectivity index (χ0n) is 11.3. The zero-order chi connectivity index (χ0) is 15.5. The van der Waals surface area contributed by atoms with Crippen LogP contribution in [0.3, 0.4) is 0 Å². The van der Waals surface area contributed by atoms with Crippen molar-refractivity contribution in [2.75, 3.05) is 6.54 Å². The van der Waals surface area contributed by atoms with Gasteiger partial charge in [0.25, 0.3) is 0 Å². The number of nitrogens with zero attached hydrogens (tertiary/aromatic N) is 2. The molecule has 2 aromatic heterocycles. The number of H-pyrrole nitrogens is 2. The van der Waals surface area contributed by atoms with E-state index in [-0.39, 0.29) is 17.1 Å². The molecule has 0 unspecified atom stereocenters. The molecule has 4 N–H and O–H groups in total. The Morgan fingerprint density at radius 1 is 1.48 bits per heavy atom. The van der Waals surface area contributed by atoms with Crippen molar-refractivity contribution in [3.63, 3.8) is 0 Å². The van der Waals surface area contributed by atoms with Gasteiger partial charge in [0.05, 0.1) is 5.69 Å². The minimum absolute atomic E-state index is 0.173. The molecule has 0 saturated carbocycles. The van der Waals surface area contributed by atoms with Gasteiger partial charge in [0, 0.05) is 25.4 Å². The number of hydrogen-bond acceptors (Lipinski definition) is 5. The van der Waals surface area contributed by atoms with E-state index < -0.39 is 21.7 Å².